The summed E-state index contributed by atoms with van der Waals surface area (Å²) in [6.45, 7) is 3.68. The average Bonchev–Trinajstić information content (AvgIpc) is 2.37. The second kappa shape index (κ2) is 7.42. The van der Waals surface area contributed by atoms with Gasteiger partial charge in [0, 0.05) is 18.1 Å². The lowest BCUT2D eigenvalue weighted by Crippen LogP contribution is -2.39. The summed E-state index contributed by atoms with van der Waals surface area (Å²) in [4.78, 5) is 11.6. The number of hydrogen-bond donors (Lipinski definition) is 1. The molecule has 0 aromatic heterocycles. The summed E-state index contributed by atoms with van der Waals surface area (Å²) < 4.78 is 24.5. The molecule has 0 aliphatic carbocycles. The predicted octanol–water partition coefficient (Wildman–Crippen LogP) is 1.40. The molecule has 1 amide bonds. The number of halogens is 1. The zero-order valence-corrected chi connectivity index (χ0v) is 12.7. The van der Waals surface area contributed by atoms with Crippen LogP contribution in [-0.4, -0.2) is 38.0 Å². The van der Waals surface area contributed by atoms with E-state index in [0.717, 1.165) is 16.1 Å². The standard InChI is InChI=1S/C13H17ClN2O3S/c1-3-8-15-13(17)10-16(20(2,18)19)9-11-4-6-12(14)7-5-11/h3-7H,1,8-10H2,2H3,(H,15,17). The van der Waals surface area contributed by atoms with E-state index in [4.69, 9.17) is 11.6 Å². The Balaban J connectivity index is 2.78. The molecule has 1 rings (SSSR count). The highest BCUT2D eigenvalue weighted by Gasteiger charge is 2.20. The highest BCUT2D eigenvalue weighted by molar-refractivity contribution is 7.88. The topological polar surface area (TPSA) is 66.5 Å². The second-order valence-corrected chi connectivity index (χ2v) is 6.67. The third-order valence-corrected chi connectivity index (χ3v) is 3.95. The fraction of sp³-hybridized carbons (Fsp3) is 0.308. The number of carbonyl (C=O) groups is 1. The number of amides is 1. The molecule has 0 heterocycles. The number of benzene rings is 1. The van der Waals surface area contributed by atoms with E-state index in [1.54, 1.807) is 24.3 Å². The Morgan fingerprint density at radius 2 is 2.00 bits per heavy atom. The molecule has 0 radical (unpaired) electrons. The van der Waals surface area contributed by atoms with E-state index in [1.165, 1.54) is 6.08 Å². The Morgan fingerprint density at radius 3 is 2.50 bits per heavy atom. The van der Waals surface area contributed by atoms with Crippen LogP contribution in [0.2, 0.25) is 5.02 Å². The quantitative estimate of drug-likeness (QED) is 0.773. The highest BCUT2D eigenvalue weighted by Crippen LogP contribution is 2.13. The molecule has 5 nitrogen and oxygen atoms in total. The molecule has 0 saturated carbocycles. The van der Waals surface area contributed by atoms with Crippen molar-refractivity contribution in [3.63, 3.8) is 0 Å². The van der Waals surface area contributed by atoms with Gasteiger partial charge in [-0.05, 0) is 17.7 Å². The van der Waals surface area contributed by atoms with Gasteiger partial charge in [-0.25, -0.2) is 8.42 Å². The molecule has 7 heteroatoms. The van der Waals surface area contributed by atoms with Gasteiger partial charge in [0.2, 0.25) is 15.9 Å². The Hall–Kier alpha value is -1.37. The van der Waals surface area contributed by atoms with Crippen LogP contribution in [0.4, 0.5) is 0 Å². The molecule has 0 spiro atoms. The van der Waals surface area contributed by atoms with Gasteiger partial charge in [-0.15, -0.1) is 6.58 Å². The molecule has 0 unspecified atom stereocenters. The lowest BCUT2D eigenvalue weighted by Gasteiger charge is -2.19. The average molecular weight is 317 g/mol. The van der Waals surface area contributed by atoms with Crippen LogP contribution in [-0.2, 0) is 21.4 Å². The van der Waals surface area contributed by atoms with Crippen LogP contribution in [0.5, 0.6) is 0 Å². The van der Waals surface area contributed by atoms with E-state index < -0.39 is 10.0 Å². The van der Waals surface area contributed by atoms with Crippen molar-refractivity contribution < 1.29 is 13.2 Å². The van der Waals surface area contributed by atoms with Gasteiger partial charge in [0.05, 0.1) is 12.8 Å². The third kappa shape index (κ3) is 5.73. The van der Waals surface area contributed by atoms with E-state index in [2.05, 4.69) is 11.9 Å². The van der Waals surface area contributed by atoms with Gasteiger partial charge in [-0.3, -0.25) is 4.79 Å². The van der Waals surface area contributed by atoms with Gasteiger partial charge >= 0.3 is 0 Å². The van der Waals surface area contributed by atoms with E-state index in [0.29, 0.717) is 11.6 Å². The summed E-state index contributed by atoms with van der Waals surface area (Å²) in [7, 11) is -3.48. The number of hydrogen-bond acceptors (Lipinski definition) is 3. The summed E-state index contributed by atoms with van der Waals surface area (Å²) in [5, 5.41) is 3.12. The van der Waals surface area contributed by atoms with E-state index in [9.17, 15) is 13.2 Å². The molecule has 110 valence electrons. The Morgan fingerprint density at radius 1 is 1.40 bits per heavy atom. The van der Waals surface area contributed by atoms with Gasteiger partial charge in [0.1, 0.15) is 0 Å². The van der Waals surface area contributed by atoms with Crippen LogP contribution in [0.25, 0.3) is 0 Å². The van der Waals surface area contributed by atoms with Crippen LogP contribution in [0.3, 0.4) is 0 Å². The fourth-order valence-corrected chi connectivity index (χ4v) is 2.35. The van der Waals surface area contributed by atoms with Crippen LogP contribution in [0.15, 0.2) is 36.9 Å². The largest absolute Gasteiger partial charge is 0.351 e. The molecule has 0 saturated heterocycles. The summed E-state index contributed by atoms with van der Waals surface area (Å²) in [5.74, 6) is -0.371. The number of nitrogens with zero attached hydrogens (tertiary/aromatic N) is 1. The molecule has 0 fully saturated rings. The molecule has 0 atom stereocenters. The minimum atomic E-state index is -3.48. The molecular formula is C13H17ClN2O3S. The first-order valence-corrected chi connectivity index (χ1v) is 8.12. The Bertz CT molecular complexity index is 570. The predicted molar refractivity (Wildman–Crippen MR) is 79.9 cm³/mol. The maximum absolute atomic E-state index is 11.7. The van der Waals surface area contributed by atoms with Crippen LogP contribution in [0, 0.1) is 0 Å². The van der Waals surface area contributed by atoms with Crippen molar-refractivity contribution in [2.24, 2.45) is 0 Å². The number of carbonyl (C=O) groups excluding carboxylic acids is 1. The molecular weight excluding hydrogens is 300 g/mol. The van der Waals surface area contributed by atoms with E-state index >= 15 is 0 Å². The first-order chi connectivity index (χ1) is 9.32. The normalized spacial score (nSPS) is 11.3. The van der Waals surface area contributed by atoms with Crippen molar-refractivity contribution in [2.75, 3.05) is 19.3 Å². The van der Waals surface area contributed by atoms with Crippen molar-refractivity contribution in [3.05, 3.63) is 47.5 Å². The highest BCUT2D eigenvalue weighted by atomic mass is 35.5. The summed E-state index contributed by atoms with van der Waals surface area (Å²) in [6, 6.07) is 6.80. The molecule has 0 bridgehead atoms. The van der Waals surface area contributed by atoms with E-state index in [-0.39, 0.29) is 19.0 Å². The minimum absolute atomic E-state index is 0.123. The third-order valence-electron chi connectivity index (χ3n) is 2.50. The fourth-order valence-electron chi connectivity index (χ4n) is 1.49. The van der Waals surface area contributed by atoms with Crippen molar-refractivity contribution in [2.45, 2.75) is 6.54 Å². The zero-order chi connectivity index (χ0) is 15.2. The SMILES string of the molecule is C=CCNC(=O)CN(Cc1ccc(Cl)cc1)S(C)(=O)=O. The number of rotatable bonds is 7. The smallest absolute Gasteiger partial charge is 0.235 e. The van der Waals surface area contributed by atoms with E-state index in [1.807, 2.05) is 0 Å². The van der Waals surface area contributed by atoms with Crippen LogP contribution >= 0.6 is 11.6 Å². The molecule has 0 aliphatic rings. The van der Waals surface area contributed by atoms with Gasteiger partial charge < -0.3 is 5.32 Å². The summed E-state index contributed by atoms with van der Waals surface area (Å²) >= 11 is 5.77. The summed E-state index contributed by atoms with van der Waals surface area (Å²) in [5.41, 5.74) is 0.761. The van der Waals surface area contributed by atoms with Crippen LogP contribution in [0.1, 0.15) is 5.56 Å². The van der Waals surface area contributed by atoms with Crippen molar-refractivity contribution in [3.8, 4) is 0 Å². The van der Waals surface area contributed by atoms with Gasteiger partial charge in [-0.1, -0.05) is 29.8 Å². The lowest BCUT2D eigenvalue weighted by atomic mass is 10.2. The Kier molecular flexibility index (Phi) is 6.19. The second-order valence-electron chi connectivity index (χ2n) is 4.25. The van der Waals surface area contributed by atoms with Crippen LogP contribution < -0.4 is 5.32 Å². The van der Waals surface area contributed by atoms with Crippen molar-refractivity contribution >= 4 is 27.5 Å². The number of nitrogens with one attached hydrogen (secondary N) is 1. The maximum atomic E-state index is 11.7. The maximum Gasteiger partial charge on any atom is 0.235 e. The van der Waals surface area contributed by atoms with Crippen molar-refractivity contribution in [1.82, 2.24) is 9.62 Å². The first kappa shape index (κ1) is 16.7. The van der Waals surface area contributed by atoms with Gasteiger partial charge in [0.25, 0.3) is 0 Å². The molecule has 1 aromatic carbocycles. The first-order valence-electron chi connectivity index (χ1n) is 5.90. The monoisotopic (exact) mass is 316 g/mol. The minimum Gasteiger partial charge on any atom is -0.351 e. The summed E-state index contributed by atoms with van der Waals surface area (Å²) in [6.07, 6.45) is 2.60. The van der Waals surface area contributed by atoms with Crippen molar-refractivity contribution in [1.29, 1.82) is 0 Å². The molecule has 0 aliphatic heterocycles. The molecule has 1 N–H and O–H groups in total. The zero-order valence-electron chi connectivity index (χ0n) is 11.2. The lowest BCUT2D eigenvalue weighted by molar-refractivity contribution is -0.121. The number of sulfonamides is 1. The Labute approximate surface area is 124 Å². The van der Waals surface area contributed by atoms with Gasteiger partial charge in [-0.2, -0.15) is 4.31 Å². The molecule has 20 heavy (non-hydrogen) atoms. The molecule has 1 aromatic rings. The van der Waals surface area contributed by atoms with Gasteiger partial charge in [0.15, 0.2) is 0 Å².